The summed E-state index contributed by atoms with van der Waals surface area (Å²) in [5.74, 6) is 1.42. The Hall–Kier alpha value is -1.90. The van der Waals surface area contributed by atoms with Gasteiger partial charge in [-0.25, -0.2) is 4.98 Å². The number of nitrogens with zero attached hydrogens (tertiary/aromatic N) is 2. The van der Waals surface area contributed by atoms with Crippen molar-refractivity contribution in [1.82, 2.24) is 9.97 Å². The number of aromatic nitrogens is 2. The average molecular weight is 240 g/mol. The van der Waals surface area contributed by atoms with E-state index in [9.17, 15) is 0 Å². The van der Waals surface area contributed by atoms with Gasteiger partial charge in [0.15, 0.2) is 5.82 Å². The molecule has 1 aliphatic rings. The number of hydrogen-bond acceptors (Lipinski definition) is 3. The first-order chi connectivity index (χ1) is 8.92. The molecule has 1 fully saturated rings. The lowest BCUT2D eigenvalue weighted by Crippen LogP contribution is -2.12. The van der Waals surface area contributed by atoms with Crippen LogP contribution in [0.2, 0.25) is 0 Å². The first-order valence-electron chi connectivity index (χ1n) is 6.47. The van der Waals surface area contributed by atoms with Crippen LogP contribution in [0.25, 0.3) is 11.4 Å². The number of rotatable bonds is 3. The van der Waals surface area contributed by atoms with Gasteiger partial charge >= 0.3 is 0 Å². The highest BCUT2D eigenvalue weighted by Gasteiger charge is 2.17. The number of hydrogen-bond donors (Lipinski definition) is 0. The predicted molar refractivity (Wildman–Crippen MR) is 70.4 cm³/mol. The first kappa shape index (κ1) is 11.2. The van der Waals surface area contributed by atoms with Crippen molar-refractivity contribution in [1.29, 1.82) is 0 Å². The van der Waals surface area contributed by atoms with Crippen LogP contribution in [0.1, 0.15) is 25.7 Å². The molecule has 0 amide bonds. The van der Waals surface area contributed by atoms with Gasteiger partial charge in [0.05, 0.1) is 0 Å². The van der Waals surface area contributed by atoms with Crippen LogP contribution in [0.15, 0.2) is 42.6 Å². The molecule has 0 N–H and O–H groups in total. The number of benzene rings is 1. The third-order valence-electron chi connectivity index (χ3n) is 3.25. The lowest BCUT2D eigenvalue weighted by Gasteiger charge is -2.12. The molecule has 3 rings (SSSR count). The largest absolute Gasteiger partial charge is 0.474 e. The molecule has 18 heavy (non-hydrogen) atoms. The second-order valence-corrected chi connectivity index (χ2v) is 4.61. The molecule has 1 aliphatic carbocycles. The molecular weight excluding hydrogens is 224 g/mol. The first-order valence-corrected chi connectivity index (χ1v) is 6.47. The van der Waals surface area contributed by atoms with Gasteiger partial charge in [0.2, 0.25) is 5.88 Å². The summed E-state index contributed by atoms with van der Waals surface area (Å²) in [5, 5.41) is 0. The van der Waals surface area contributed by atoms with Crippen molar-refractivity contribution >= 4 is 0 Å². The van der Waals surface area contributed by atoms with Crippen LogP contribution >= 0.6 is 0 Å². The Labute approximate surface area is 107 Å². The van der Waals surface area contributed by atoms with Gasteiger partial charge in [-0.3, -0.25) is 0 Å². The SMILES string of the molecule is c1ccc(-c2nccc(OC3CCCC3)n2)cc1. The molecule has 1 saturated carbocycles. The third kappa shape index (κ3) is 2.50. The van der Waals surface area contributed by atoms with E-state index in [1.807, 2.05) is 36.4 Å². The molecule has 0 spiro atoms. The van der Waals surface area contributed by atoms with Crippen LogP contribution in [0, 0.1) is 0 Å². The van der Waals surface area contributed by atoms with Crippen LogP contribution < -0.4 is 4.74 Å². The minimum atomic E-state index is 0.337. The molecule has 0 bridgehead atoms. The molecule has 0 atom stereocenters. The Kier molecular flexibility index (Phi) is 3.22. The van der Waals surface area contributed by atoms with Gasteiger partial charge in [-0.05, 0) is 25.7 Å². The van der Waals surface area contributed by atoms with E-state index in [-0.39, 0.29) is 0 Å². The van der Waals surface area contributed by atoms with Crippen molar-refractivity contribution in [3.05, 3.63) is 42.6 Å². The van der Waals surface area contributed by atoms with Gasteiger partial charge in [0.25, 0.3) is 0 Å². The van der Waals surface area contributed by atoms with Crippen LogP contribution in [0.5, 0.6) is 5.88 Å². The second-order valence-electron chi connectivity index (χ2n) is 4.61. The monoisotopic (exact) mass is 240 g/mol. The average Bonchev–Trinajstić information content (AvgIpc) is 2.93. The fourth-order valence-electron chi connectivity index (χ4n) is 2.31. The molecule has 2 aromatic rings. The molecule has 1 aromatic heterocycles. The van der Waals surface area contributed by atoms with E-state index >= 15 is 0 Å². The summed E-state index contributed by atoms with van der Waals surface area (Å²) in [4.78, 5) is 8.77. The summed E-state index contributed by atoms with van der Waals surface area (Å²) < 4.78 is 5.89. The lowest BCUT2D eigenvalue weighted by molar-refractivity contribution is 0.201. The zero-order chi connectivity index (χ0) is 12.2. The van der Waals surface area contributed by atoms with Crippen molar-refractivity contribution in [2.45, 2.75) is 31.8 Å². The maximum Gasteiger partial charge on any atom is 0.217 e. The highest BCUT2D eigenvalue weighted by Crippen LogP contribution is 2.24. The van der Waals surface area contributed by atoms with E-state index in [1.54, 1.807) is 6.20 Å². The summed E-state index contributed by atoms with van der Waals surface area (Å²) in [6, 6.07) is 11.8. The minimum absolute atomic E-state index is 0.337. The highest BCUT2D eigenvalue weighted by atomic mass is 16.5. The number of ether oxygens (including phenoxy) is 1. The summed E-state index contributed by atoms with van der Waals surface area (Å²) in [5.41, 5.74) is 1.02. The lowest BCUT2D eigenvalue weighted by atomic mass is 10.2. The zero-order valence-electron chi connectivity index (χ0n) is 10.2. The quantitative estimate of drug-likeness (QED) is 0.824. The van der Waals surface area contributed by atoms with Crippen molar-refractivity contribution in [3.8, 4) is 17.3 Å². The Balaban J connectivity index is 1.80. The van der Waals surface area contributed by atoms with Crippen LogP contribution in [-0.4, -0.2) is 16.1 Å². The molecule has 3 nitrogen and oxygen atoms in total. The Morgan fingerprint density at radius 3 is 2.56 bits per heavy atom. The van der Waals surface area contributed by atoms with Gasteiger partial charge < -0.3 is 4.74 Å². The smallest absolute Gasteiger partial charge is 0.217 e. The van der Waals surface area contributed by atoms with E-state index < -0.39 is 0 Å². The van der Waals surface area contributed by atoms with Gasteiger partial charge in [0, 0.05) is 17.8 Å². The fourth-order valence-corrected chi connectivity index (χ4v) is 2.31. The molecule has 0 unspecified atom stereocenters. The van der Waals surface area contributed by atoms with Gasteiger partial charge in [0.1, 0.15) is 6.10 Å². The van der Waals surface area contributed by atoms with Gasteiger partial charge in [-0.1, -0.05) is 30.3 Å². The van der Waals surface area contributed by atoms with Crippen molar-refractivity contribution in [2.75, 3.05) is 0 Å². The molecule has 1 aromatic carbocycles. The van der Waals surface area contributed by atoms with Crippen LogP contribution in [-0.2, 0) is 0 Å². The fraction of sp³-hybridized carbons (Fsp3) is 0.333. The normalized spacial score (nSPS) is 15.8. The molecular formula is C15H16N2O. The van der Waals surface area contributed by atoms with Gasteiger partial charge in [-0.2, -0.15) is 4.98 Å². The van der Waals surface area contributed by atoms with Crippen molar-refractivity contribution < 1.29 is 4.74 Å². The van der Waals surface area contributed by atoms with Gasteiger partial charge in [-0.15, -0.1) is 0 Å². The Morgan fingerprint density at radius 1 is 1.00 bits per heavy atom. The summed E-state index contributed by atoms with van der Waals surface area (Å²) in [7, 11) is 0. The van der Waals surface area contributed by atoms with Crippen LogP contribution in [0.3, 0.4) is 0 Å². The van der Waals surface area contributed by atoms with E-state index in [0.717, 1.165) is 24.2 Å². The summed E-state index contributed by atoms with van der Waals surface area (Å²) in [6.45, 7) is 0. The third-order valence-corrected chi connectivity index (χ3v) is 3.25. The topological polar surface area (TPSA) is 35.0 Å². The Morgan fingerprint density at radius 2 is 1.78 bits per heavy atom. The van der Waals surface area contributed by atoms with E-state index in [2.05, 4.69) is 9.97 Å². The molecule has 3 heteroatoms. The van der Waals surface area contributed by atoms with E-state index in [0.29, 0.717) is 12.0 Å². The molecule has 0 aliphatic heterocycles. The van der Waals surface area contributed by atoms with Crippen molar-refractivity contribution in [2.24, 2.45) is 0 Å². The summed E-state index contributed by atoms with van der Waals surface area (Å²) in [6.07, 6.45) is 6.92. The molecule has 92 valence electrons. The van der Waals surface area contributed by atoms with Crippen molar-refractivity contribution in [3.63, 3.8) is 0 Å². The maximum absolute atomic E-state index is 5.89. The minimum Gasteiger partial charge on any atom is -0.474 e. The summed E-state index contributed by atoms with van der Waals surface area (Å²) >= 11 is 0. The van der Waals surface area contributed by atoms with Crippen LogP contribution in [0.4, 0.5) is 0 Å². The second kappa shape index (κ2) is 5.17. The van der Waals surface area contributed by atoms with E-state index in [4.69, 9.17) is 4.74 Å². The predicted octanol–water partition coefficient (Wildman–Crippen LogP) is 3.47. The zero-order valence-corrected chi connectivity index (χ0v) is 10.2. The molecule has 0 radical (unpaired) electrons. The molecule has 0 saturated heterocycles. The standard InChI is InChI=1S/C15H16N2O/c1-2-6-12(7-3-1)15-16-11-10-14(17-15)18-13-8-4-5-9-13/h1-3,6-7,10-11,13H,4-5,8-9H2. The highest BCUT2D eigenvalue weighted by molar-refractivity contribution is 5.54. The molecule has 1 heterocycles. The Bertz CT molecular complexity index is 507. The maximum atomic E-state index is 5.89. The van der Waals surface area contributed by atoms with E-state index in [1.165, 1.54) is 12.8 Å².